The van der Waals surface area contributed by atoms with Gasteiger partial charge >= 0.3 is 0 Å². The van der Waals surface area contributed by atoms with Crippen LogP contribution in [0.4, 0.5) is 0 Å². The first kappa shape index (κ1) is 9.55. The molecule has 1 aromatic rings. The van der Waals surface area contributed by atoms with Gasteiger partial charge in [0.15, 0.2) is 4.62 Å². The Labute approximate surface area is 84.3 Å². The second kappa shape index (κ2) is 4.48. The van der Waals surface area contributed by atoms with Gasteiger partial charge in [-0.3, -0.25) is 0 Å². The molecule has 0 fully saturated rings. The van der Waals surface area contributed by atoms with E-state index in [2.05, 4.69) is 25.9 Å². The highest BCUT2D eigenvalue weighted by Crippen LogP contribution is 2.12. The van der Waals surface area contributed by atoms with Gasteiger partial charge in [0, 0.05) is 10.6 Å². The zero-order chi connectivity index (χ0) is 8.97. The molecule has 0 radical (unpaired) electrons. The average molecular weight is 249 g/mol. The van der Waals surface area contributed by atoms with Crippen LogP contribution in [0.15, 0.2) is 29.4 Å². The van der Waals surface area contributed by atoms with Gasteiger partial charge in [0.1, 0.15) is 7.11 Å². The van der Waals surface area contributed by atoms with Crippen LogP contribution < -0.4 is 0 Å². The number of hydrogen-bond acceptors (Lipinski definition) is 2. The third kappa shape index (κ3) is 2.50. The Kier molecular flexibility index (Phi) is 3.56. The van der Waals surface area contributed by atoms with Crippen LogP contribution in [0.2, 0.25) is 5.02 Å². The van der Waals surface area contributed by atoms with Crippen molar-refractivity contribution in [1.29, 1.82) is 0 Å². The van der Waals surface area contributed by atoms with Crippen molar-refractivity contribution in [2.75, 3.05) is 7.11 Å². The van der Waals surface area contributed by atoms with Gasteiger partial charge in [-0.05, 0) is 28.1 Å². The molecular weight excluding hydrogens is 241 g/mol. The maximum atomic E-state index is 5.71. The molecule has 4 heteroatoms. The summed E-state index contributed by atoms with van der Waals surface area (Å²) in [6.45, 7) is 0. The summed E-state index contributed by atoms with van der Waals surface area (Å²) in [5.74, 6) is 0. The lowest BCUT2D eigenvalue weighted by Gasteiger charge is -1.97. The van der Waals surface area contributed by atoms with E-state index >= 15 is 0 Å². The fourth-order valence-corrected chi connectivity index (χ4v) is 1.26. The molecule has 64 valence electrons. The van der Waals surface area contributed by atoms with E-state index in [9.17, 15) is 0 Å². The lowest BCUT2D eigenvalue weighted by Crippen LogP contribution is -1.89. The van der Waals surface area contributed by atoms with Gasteiger partial charge in [-0.25, -0.2) is 0 Å². The van der Waals surface area contributed by atoms with Crippen LogP contribution >= 0.6 is 27.5 Å². The normalized spacial score (nSPS) is 11.4. The second-order valence-corrected chi connectivity index (χ2v) is 3.26. The quantitative estimate of drug-likeness (QED) is 0.582. The molecule has 0 N–H and O–H groups in total. The molecule has 12 heavy (non-hydrogen) atoms. The molecular formula is C8H7BrClNO. The topological polar surface area (TPSA) is 21.6 Å². The minimum Gasteiger partial charge on any atom is -0.398 e. The van der Waals surface area contributed by atoms with Gasteiger partial charge in [0.25, 0.3) is 0 Å². The molecule has 0 aliphatic heterocycles. The van der Waals surface area contributed by atoms with Gasteiger partial charge in [0.05, 0.1) is 0 Å². The van der Waals surface area contributed by atoms with Gasteiger partial charge in [-0.2, -0.15) is 0 Å². The Morgan fingerprint density at radius 3 is 2.50 bits per heavy atom. The summed E-state index contributed by atoms with van der Waals surface area (Å²) in [5, 5.41) is 4.42. The third-order valence-electron chi connectivity index (χ3n) is 1.25. The average Bonchev–Trinajstić information content (AvgIpc) is 2.06. The van der Waals surface area contributed by atoms with Crippen molar-refractivity contribution in [3.8, 4) is 0 Å². The van der Waals surface area contributed by atoms with E-state index in [1.807, 2.05) is 12.1 Å². The summed E-state index contributed by atoms with van der Waals surface area (Å²) in [6, 6.07) is 7.30. The van der Waals surface area contributed by atoms with Crippen molar-refractivity contribution in [2.24, 2.45) is 5.16 Å². The smallest absolute Gasteiger partial charge is 0.152 e. The highest BCUT2D eigenvalue weighted by atomic mass is 79.9. The molecule has 0 aromatic heterocycles. The first-order valence-electron chi connectivity index (χ1n) is 3.26. The van der Waals surface area contributed by atoms with Crippen LogP contribution in [0.3, 0.4) is 0 Å². The number of rotatable bonds is 2. The molecule has 0 aliphatic carbocycles. The molecule has 0 spiro atoms. The van der Waals surface area contributed by atoms with Crippen LogP contribution in [0.25, 0.3) is 0 Å². The standard InChI is InChI=1S/C8H7BrClNO/c1-12-11-8(9)6-2-4-7(10)5-3-6/h2-5H,1H3/b11-8-. The van der Waals surface area contributed by atoms with Crippen molar-refractivity contribution in [3.63, 3.8) is 0 Å². The predicted molar refractivity (Wildman–Crippen MR) is 53.9 cm³/mol. The first-order chi connectivity index (χ1) is 5.74. The highest BCUT2D eigenvalue weighted by molar-refractivity contribution is 9.18. The number of oxime groups is 1. The third-order valence-corrected chi connectivity index (χ3v) is 2.11. The highest BCUT2D eigenvalue weighted by Gasteiger charge is 1.98. The molecule has 1 aromatic carbocycles. The number of halogens is 2. The maximum Gasteiger partial charge on any atom is 0.152 e. The molecule has 0 unspecified atom stereocenters. The van der Waals surface area contributed by atoms with E-state index in [-0.39, 0.29) is 0 Å². The van der Waals surface area contributed by atoms with Crippen LogP contribution in [0.1, 0.15) is 5.56 Å². The first-order valence-corrected chi connectivity index (χ1v) is 4.43. The van der Waals surface area contributed by atoms with Crippen LogP contribution in [0.5, 0.6) is 0 Å². The molecule has 2 nitrogen and oxygen atoms in total. The van der Waals surface area contributed by atoms with Crippen molar-refractivity contribution < 1.29 is 4.84 Å². The van der Waals surface area contributed by atoms with E-state index in [0.29, 0.717) is 9.64 Å². The summed E-state index contributed by atoms with van der Waals surface area (Å²) >= 11 is 8.96. The molecule has 0 aliphatic rings. The van der Waals surface area contributed by atoms with Crippen LogP contribution in [-0.4, -0.2) is 11.7 Å². The number of nitrogens with zero attached hydrogens (tertiary/aromatic N) is 1. The van der Waals surface area contributed by atoms with Crippen molar-refractivity contribution >= 4 is 32.2 Å². The SMILES string of the molecule is CO/N=C(\Br)c1ccc(Cl)cc1. The summed E-state index contributed by atoms with van der Waals surface area (Å²) in [5.41, 5.74) is 0.932. The molecule has 0 atom stereocenters. The molecule has 0 saturated carbocycles. The maximum absolute atomic E-state index is 5.71. The van der Waals surface area contributed by atoms with Crippen molar-refractivity contribution in [3.05, 3.63) is 34.9 Å². The van der Waals surface area contributed by atoms with Crippen LogP contribution in [-0.2, 0) is 4.84 Å². The number of benzene rings is 1. The van der Waals surface area contributed by atoms with E-state index in [4.69, 9.17) is 11.6 Å². The second-order valence-electron chi connectivity index (χ2n) is 2.07. The Hall–Kier alpha value is -0.540. The fraction of sp³-hybridized carbons (Fsp3) is 0.125. The van der Waals surface area contributed by atoms with Gasteiger partial charge in [-0.1, -0.05) is 28.9 Å². The minimum absolute atomic E-state index is 0.654. The molecule has 1 rings (SSSR count). The predicted octanol–water partition coefficient (Wildman–Crippen LogP) is 3.04. The Morgan fingerprint density at radius 2 is 2.00 bits per heavy atom. The van der Waals surface area contributed by atoms with E-state index in [0.717, 1.165) is 5.56 Å². The molecule has 0 saturated heterocycles. The largest absolute Gasteiger partial charge is 0.398 e. The van der Waals surface area contributed by atoms with E-state index < -0.39 is 0 Å². The Balaban J connectivity index is 2.89. The summed E-state index contributed by atoms with van der Waals surface area (Å²) < 4.78 is 0.654. The van der Waals surface area contributed by atoms with Crippen molar-refractivity contribution in [1.82, 2.24) is 0 Å². The lowest BCUT2D eigenvalue weighted by atomic mass is 10.2. The molecule has 0 heterocycles. The van der Waals surface area contributed by atoms with E-state index in [1.54, 1.807) is 12.1 Å². The Morgan fingerprint density at radius 1 is 1.42 bits per heavy atom. The fourth-order valence-electron chi connectivity index (χ4n) is 0.720. The monoisotopic (exact) mass is 247 g/mol. The lowest BCUT2D eigenvalue weighted by molar-refractivity contribution is 0.215. The van der Waals surface area contributed by atoms with Gasteiger partial charge in [-0.15, -0.1) is 0 Å². The zero-order valence-electron chi connectivity index (χ0n) is 6.42. The van der Waals surface area contributed by atoms with Gasteiger partial charge in [0.2, 0.25) is 0 Å². The van der Waals surface area contributed by atoms with Crippen molar-refractivity contribution in [2.45, 2.75) is 0 Å². The summed E-state index contributed by atoms with van der Waals surface area (Å²) in [6.07, 6.45) is 0. The summed E-state index contributed by atoms with van der Waals surface area (Å²) in [7, 11) is 1.50. The molecule has 0 amide bonds. The van der Waals surface area contributed by atoms with Crippen LogP contribution in [0, 0.1) is 0 Å². The van der Waals surface area contributed by atoms with Gasteiger partial charge < -0.3 is 4.84 Å². The summed E-state index contributed by atoms with van der Waals surface area (Å²) in [4.78, 5) is 4.60. The minimum atomic E-state index is 0.654. The van der Waals surface area contributed by atoms with E-state index in [1.165, 1.54) is 7.11 Å². The zero-order valence-corrected chi connectivity index (χ0v) is 8.76. The molecule has 0 bridgehead atoms. The Bertz CT molecular complexity index is 284. The number of hydrogen-bond donors (Lipinski definition) is 0.